The van der Waals surface area contributed by atoms with E-state index in [1.165, 1.54) is 0 Å². The van der Waals surface area contributed by atoms with E-state index in [9.17, 15) is 8.78 Å². The van der Waals surface area contributed by atoms with Crippen LogP contribution in [-0.4, -0.2) is 17.0 Å². The van der Waals surface area contributed by atoms with Gasteiger partial charge in [-0.25, -0.2) is 8.78 Å². The topological polar surface area (TPSA) is 12.0 Å². The SMILES string of the molecule is CC1(C)CC(F)(F)CC(C)(C)N1.Cl. The van der Waals surface area contributed by atoms with Crippen LogP contribution in [0.3, 0.4) is 0 Å². The zero-order valence-corrected chi connectivity index (χ0v) is 9.39. The fraction of sp³-hybridized carbons (Fsp3) is 1.00. The third-order valence-corrected chi connectivity index (χ3v) is 2.08. The van der Waals surface area contributed by atoms with Crippen molar-refractivity contribution >= 4 is 12.4 Å². The van der Waals surface area contributed by atoms with E-state index >= 15 is 0 Å². The van der Waals surface area contributed by atoms with Crippen LogP contribution in [-0.2, 0) is 0 Å². The lowest BCUT2D eigenvalue weighted by Gasteiger charge is -2.46. The molecular formula is C9H18ClF2N. The van der Waals surface area contributed by atoms with Crippen LogP contribution in [0.2, 0.25) is 0 Å². The smallest absolute Gasteiger partial charge is 0.251 e. The summed E-state index contributed by atoms with van der Waals surface area (Å²) in [7, 11) is 0. The minimum Gasteiger partial charge on any atom is -0.306 e. The second kappa shape index (κ2) is 3.35. The Balaban J connectivity index is 0.00000144. The van der Waals surface area contributed by atoms with Crippen LogP contribution >= 0.6 is 12.4 Å². The molecule has 1 aliphatic rings. The maximum Gasteiger partial charge on any atom is 0.251 e. The van der Waals surface area contributed by atoms with Gasteiger partial charge in [-0.05, 0) is 27.7 Å². The van der Waals surface area contributed by atoms with E-state index in [0.717, 1.165) is 0 Å². The molecule has 1 heterocycles. The molecule has 1 saturated heterocycles. The molecular weight excluding hydrogens is 196 g/mol. The van der Waals surface area contributed by atoms with Crippen LogP contribution in [0.4, 0.5) is 8.78 Å². The Labute approximate surface area is 84.7 Å². The average Bonchev–Trinajstić information content (AvgIpc) is 1.44. The van der Waals surface area contributed by atoms with E-state index in [4.69, 9.17) is 0 Å². The number of alkyl halides is 2. The molecule has 1 rings (SSSR count). The summed E-state index contributed by atoms with van der Waals surface area (Å²) in [6, 6.07) is 0. The summed E-state index contributed by atoms with van der Waals surface area (Å²) in [4.78, 5) is 0. The van der Waals surface area contributed by atoms with Gasteiger partial charge in [-0.1, -0.05) is 0 Å². The number of nitrogens with one attached hydrogen (secondary N) is 1. The molecule has 0 aromatic rings. The predicted molar refractivity (Wildman–Crippen MR) is 52.7 cm³/mol. The van der Waals surface area contributed by atoms with Crippen LogP contribution in [0.1, 0.15) is 40.5 Å². The molecule has 0 saturated carbocycles. The Morgan fingerprint density at radius 2 is 1.23 bits per heavy atom. The van der Waals surface area contributed by atoms with E-state index < -0.39 is 17.0 Å². The summed E-state index contributed by atoms with van der Waals surface area (Å²) in [5.74, 6) is -2.52. The highest BCUT2D eigenvalue weighted by Gasteiger charge is 2.47. The molecule has 0 amide bonds. The Hall–Kier alpha value is 0.110. The van der Waals surface area contributed by atoms with Crippen molar-refractivity contribution in [2.45, 2.75) is 57.5 Å². The number of hydrogen-bond donors (Lipinski definition) is 1. The molecule has 0 aromatic carbocycles. The van der Waals surface area contributed by atoms with Crippen molar-refractivity contribution < 1.29 is 8.78 Å². The highest BCUT2D eigenvalue weighted by molar-refractivity contribution is 5.85. The van der Waals surface area contributed by atoms with Crippen LogP contribution < -0.4 is 5.32 Å². The van der Waals surface area contributed by atoms with Crippen molar-refractivity contribution in [2.24, 2.45) is 0 Å². The van der Waals surface area contributed by atoms with Gasteiger partial charge in [-0.15, -0.1) is 12.4 Å². The molecule has 0 radical (unpaired) electrons. The molecule has 1 nitrogen and oxygen atoms in total. The normalized spacial score (nSPS) is 29.1. The largest absolute Gasteiger partial charge is 0.306 e. The molecule has 0 spiro atoms. The summed E-state index contributed by atoms with van der Waals surface area (Å²) in [5, 5.41) is 3.21. The van der Waals surface area contributed by atoms with Gasteiger partial charge >= 0.3 is 0 Å². The zero-order valence-electron chi connectivity index (χ0n) is 8.58. The van der Waals surface area contributed by atoms with Gasteiger partial charge in [0, 0.05) is 23.9 Å². The van der Waals surface area contributed by atoms with E-state index in [-0.39, 0.29) is 25.2 Å². The Morgan fingerprint density at radius 3 is 1.46 bits per heavy atom. The first kappa shape index (κ1) is 13.1. The molecule has 0 bridgehead atoms. The molecule has 1 aliphatic heterocycles. The maximum absolute atomic E-state index is 13.2. The van der Waals surface area contributed by atoms with Crippen molar-refractivity contribution in [1.29, 1.82) is 0 Å². The van der Waals surface area contributed by atoms with Crippen molar-refractivity contribution in [3.8, 4) is 0 Å². The molecule has 1 N–H and O–H groups in total. The fourth-order valence-electron chi connectivity index (χ4n) is 2.36. The second-order valence-corrected chi connectivity index (χ2v) is 5.10. The Kier molecular flexibility index (Phi) is 3.38. The molecule has 0 atom stereocenters. The third-order valence-electron chi connectivity index (χ3n) is 2.08. The average molecular weight is 214 g/mol. The van der Waals surface area contributed by atoms with E-state index in [2.05, 4.69) is 5.32 Å². The van der Waals surface area contributed by atoms with E-state index in [1.807, 2.05) is 27.7 Å². The quantitative estimate of drug-likeness (QED) is 0.653. The molecule has 1 fully saturated rings. The van der Waals surface area contributed by atoms with E-state index in [1.54, 1.807) is 0 Å². The van der Waals surface area contributed by atoms with Gasteiger partial charge in [-0.2, -0.15) is 0 Å². The van der Waals surface area contributed by atoms with Gasteiger partial charge in [0.25, 0.3) is 5.92 Å². The molecule has 4 heteroatoms. The van der Waals surface area contributed by atoms with Crippen molar-refractivity contribution in [1.82, 2.24) is 5.32 Å². The Bertz CT molecular complexity index is 145. The monoisotopic (exact) mass is 213 g/mol. The number of hydrogen-bond acceptors (Lipinski definition) is 1. The first-order chi connectivity index (χ1) is 5.12. The summed E-state index contributed by atoms with van der Waals surface area (Å²) >= 11 is 0. The van der Waals surface area contributed by atoms with Crippen LogP contribution in [0.15, 0.2) is 0 Å². The second-order valence-electron chi connectivity index (χ2n) is 5.10. The van der Waals surface area contributed by atoms with Gasteiger partial charge in [-0.3, -0.25) is 0 Å². The number of halogens is 3. The third kappa shape index (κ3) is 3.77. The van der Waals surface area contributed by atoms with Crippen LogP contribution in [0.5, 0.6) is 0 Å². The van der Waals surface area contributed by atoms with Gasteiger partial charge in [0.15, 0.2) is 0 Å². The molecule has 0 aromatic heterocycles. The summed E-state index contributed by atoms with van der Waals surface area (Å²) in [6.07, 6.45) is -0.132. The molecule has 80 valence electrons. The van der Waals surface area contributed by atoms with Gasteiger partial charge in [0.2, 0.25) is 0 Å². The molecule has 13 heavy (non-hydrogen) atoms. The minimum absolute atomic E-state index is 0. The van der Waals surface area contributed by atoms with Crippen molar-refractivity contribution in [3.63, 3.8) is 0 Å². The summed E-state index contributed by atoms with van der Waals surface area (Å²) in [5.41, 5.74) is -0.906. The predicted octanol–water partition coefficient (Wildman–Crippen LogP) is 2.98. The molecule has 0 aliphatic carbocycles. The van der Waals surface area contributed by atoms with Gasteiger partial charge < -0.3 is 5.32 Å². The standard InChI is InChI=1S/C9H17F2N.ClH/c1-7(2)5-9(10,11)6-8(3,4)12-7;/h12H,5-6H2,1-4H3;1H. The first-order valence-corrected chi connectivity index (χ1v) is 4.29. The maximum atomic E-state index is 13.2. The van der Waals surface area contributed by atoms with Crippen LogP contribution in [0.25, 0.3) is 0 Å². The number of piperidine rings is 1. The van der Waals surface area contributed by atoms with Crippen molar-refractivity contribution in [3.05, 3.63) is 0 Å². The van der Waals surface area contributed by atoms with Crippen LogP contribution in [0, 0.1) is 0 Å². The summed E-state index contributed by atoms with van der Waals surface area (Å²) in [6.45, 7) is 7.28. The van der Waals surface area contributed by atoms with Gasteiger partial charge in [0.05, 0.1) is 0 Å². The first-order valence-electron chi connectivity index (χ1n) is 4.29. The fourth-order valence-corrected chi connectivity index (χ4v) is 2.36. The Morgan fingerprint density at radius 1 is 0.923 bits per heavy atom. The van der Waals surface area contributed by atoms with E-state index in [0.29, 0.717) is 0 Å². The lowest BCUT2D eigenvalue weighted by Crippen LogP contribution is -2.61. The number of rotatable bonds is 0. The van der Waals surface area contributed by atoms with Gasteiger partial charge in [0.1, 0.15) is 0 Å². The highest BCUT2D eigenvalue weighted by Crippen LogP contribution is 2.39. The highest BCUT2D eigenvalue weighted by atomic mass is 35.5. The molecule has 0 unspecified atom stereocenters. The lowest BCUT2D eigenvalue weighted by molar-refractivity contribution is -0.0880. The zero-order chi connectivity index (χ0) is 9.62. The lowest BCUT2D eigenvalue weighted by atomic mass is 9.80. The minimum atomic E-state index is -2.52. The summed E-state index contributed by atoms with van der Waals surface area (Å²) < 4.78 is 26.3. The van der Waals surface area contributed by atoms with Crippen molar-refractivity contribution in [2.75, 3.05) is 0 Å².